The summed E-state index contributed by atoms with van der Waals surface area (Å²) in [6.07, 6.45) is 2.20. The van der Waals surface area contributed by atoms with Gasteiger partial charge in [-0.3, -0.25) is 0 Å². The molecule has 0 saturated carbocycles. The van der Waals surface area contributed by atoms with Crippen molar-refractivity contribution >= 4 is 28.5 Å². The summed E-state index contributed by atoms with van der Waals surface area (Å²) >= 11 is 0. The maximum absolute atomic E-state index is 12.2. The lowest BCUT2D eigenvalue weighted by Gasteiger charge is -2.29. The second-order valence-electron chi connectivity index (χ2n) is 8.54. The van der Waals surface area contributed by atoms with Gasteiger partial charge < -0.3 is 19.4 Å². The Labute approximate surface area is 177 Å². The minimum absolute atomic E-state index is 0.291. The van der Waals surface area contributed by atoms with E-state index >= 15 is 0 Å². The van der Waals surface area contributed by atoms with Gasteiger partial charge in [0.15, 0.2) is 0 Å². The van der Waals surface area contributed by atoms with Gasteiger partial charge in [-0.2, -0.15) is 0 Å². The fraction of sp³-hybridized carbons (Fsp3) is 0.360. The number of fused-ring (bicyclic) bond motifs is 2. The van der Waals surface area contributed by atoms with Gasteiger partial charge >= 0.3 is 0 Å². The summed E-state index contributed by atoms with van der Waals surface area (Å²) in [5.41, 5.74) is 7.30. The van der Waals surface area contributed by atoms with E-state index in [1.165, 1.54) is 21.9 Å². The van der Waals surface area contributed by atoms with Gasteiger partial charge in [0.05, 0.1) is 23.7 Å². The molecule has 3 aromatic rings. The Kier molecular flexibility index (Phi) is 5.24. The van der Waals surface area contributed by atoms with E-state index in [-0.39, 0.29) is 0 Å². The number of nitrogens with one attached hydrogen (secondary N) is 1. The predicted molar refractivity (Wildman–Crippen MR) is 118 cm³/mol. The predicted octanol–water partition coefficient (Wildman–Crippen LogP) is 2.56. The Hall–Kier alpha value is -2.92. The molecule has 4 rings (SSSR count). The molecule has 0 aliphatic carbocycles. The van der Waals surface area contributed by atoms with Crippen molar-refractivity contribution in [2.24, 2.45) is 0 Å². The Morgan fingerprint density at radius 2 is 2.00 bits per heavy atom. The summed E-state index contributed by atoms with van der Waals surface area (Å²) in [7, 11) is 0. The summed E-state index contributed by atoms with van der Waals surface area (Å²) in [6.45, 7) is 13.2. The summed E-state index contributed by atoms with van der Waals surface area (Å²) in [5.74, 6) is -1.13. The number of aromatic nitrogens is 2. The zero-order valence-corrected chi connectivity index (χ0v) is 18.4. The van der Waals surface area contributed by atoms with Crippen molar-refractivity contribution in [3.8, 4) is 0 Å². The van der Waals surface area contributed by atoms with Gasteiger partial charge in [0.25, 0.3) is 0 Å². The Balaban J connectivity index is 1.98. The lowest BCUT2D eigenvalue weighted by molar-refractivity contribution is -0.905. The van der Waals surface area contributed by atoms with Crippen LogP contribution in [-0.4, -0.2) is 28.6 Å². The second kappa shape index (κ2) is 7.73. The van der Waals surface area contributed by atoms with Crippen LogP contribution < -0.4 is 10.0 Å². The quantitative estimate of drug-likeness (QED) is 0.728. The number of likely N-dealkylation sites (N-methyl/N-ethyl adjacent to an activating group) is 1. The first kappa shape index (κ1) is 20.4. The second-order valence-corrected chi connectivity index (χ2v) is 8.54. The Morgan fingerprint density at radius 3 is 2.63 bits per heavy atom. The maximum atomic E-state index is 12.2. The molecule has 2 aromatic heterocycles. The number of nitrogens with zero attached hydrogens (tertiary/aromatic N) is 2. The molecular formula is C25H29N3O2. The highest BCUT2D eigenvalue weighted by molar-refractivity contribution is 6.05. The third-order valence-electron chi connectivity index (χ3n) is 6.24. The third-order valence-corrected chi connectivity index (χ3v) is 6.24. The fourth-order valence-corrected chi connectivity index (χ4v) is 4.89. The first-order chi connectivity index (χ1) is 14.3. The summed E-state index contributed by atoms with van der Waals surface area (Å²) < 4.78 is 2.33. The molecule has 0 fully saturated rings. The molecule has 0 radical (unpaired) electrons. The van der Waals surface area contributed by atoms with Crippen LogP contribution in [0.25, 0.3) is 22.6 Å². The van der Waals surface area contributed by atoms with Crippen molar-refractivity contribution in [3.63, 3.8) is 0 Å². The maximum Gasteiger partial charge on any atom is 0.106 e. The monoisotopic (exact) mass is 403 g/mol. The molecule has 5 heteroatoms. The van der Waals surface area contributed by atoms with Crippen LogP contribution in [0.1, 0.15) is 65.4 Å². The SMILES string of the molecule is CC[NH+]1C/C(=C/c2cc(C)n(C(C)C)c2C)c2nc3ccccc3c(C(=O)[O-])c2C1. The van der Waals surface area contributed by atoms with Crippen LogP contribution in [0.15, 0.2) is 30.3 Å². The number of benzene rings is 1. The molecule has 0 saturated heterocycles. The van der Waals surface area contributed by atoms with Gasteiger partial charge in [-0.25, -0.2) is 4.98 Å². The highest BCUT2D eigenvalue weighted by Gasteiger charge is 2.28. The molecule has 156 valence electrons. The zero-order chi connectivity index (χ0) is 21.6. The summed E-state index contributed by atoms with van der Waals surface area (Å²) in [5, 5.41) is 12.8. The van der Waals surface area contributed by atoms with Crippen LogP contribution >= 0.6 is 0 Å². The van der Waals surface area contributed by atoms with Crippen molar-refractivity contribution in [2.75, 3.05) is 13.1 Å². The molecule has 1 unspecified atom stereocenters. The molecule has 30 heavy (non-hydrogen) atoms. The fourth-order valence-electron chi connectivity index (χ4n) is 4.89. The van der Waals surface area contributed by atoms with Crippen molar-refractivity contribution in [1.82, 2.24) is 9.55 Å². The Bertz CT molecular complexity index is 1170. The smallest absolute Gasteiger partial charge is 0.106 e. The standard InChI is InChI=1S/C25H29N3O2/c1-6-27-13-19(12-18-11-16(4)28(15(2)3)17(18)5)24-21(14-27)23(25(29)30)20-9-7-8-10-22(20)26-24/h7-12,15H,6,13-14H2,1-5H3,(H,29,30)/b19-12-. The molecule has 5 nitrogen and oxygen atoms in total. The summed E-state index contributed by atoms with van der Waals surface area (Å²) in [6, 6.07) is 10.1. The number of pyridine rings is 1. The van der Waals surface area contributed by atoms with Crippen LogP contribution in [0.3, 0.4) is 0 Å². The van der Waals surface area contributed by atoms with Gasteiger partial charge in [-0.15, -0.1) is 0 Å². The van der Waals surface area contributed by atoms with Crippen LogP contribution in [0.4, 0.5) is 0 Å². The van der Waals surface area contributed by atoms with Crippen molar-refractivity contribution in [2.45, 2.75) is 47.2 Å². The van der Waals surface area contributed by atoms with E-state index in [1.54, 1.807) is 0 Å². The first-order valence-corrected chi connectivity index (χ1v) is 10.7. The topological polar surface area (TPSA) is 62.4 Å². The van der Waals surface area contributed by atoms with Crippen LogP contribution in [0.5, 0.6) is 0 Å². The largest absolute Gasteiger partial charge is 0.545 e. The average Bonchev–Trinajstić information content (AvgIpc) is 2.98. The number of quaternary nitrogens is 1. The van der Waals surface area contributed by atoms with Crippen LogP contribution in [0, 0.1) is 13.8 Å². The molecule has 1 aliphatic rings. The molecule has 0 amide bonds. The van der Waals surface area contributed by atoms with E-state index in [4.69, 9.17) is 4.98 Å². The number of rotatable bonds is 4. The number of aromatic carboxylic acids is 1. The third kappa shape index (κ3) is 3.33. The Morgan fingerprint density at radius 1 is 1.27 bits per heavy atom. The molecule has 0 spiro atoms. The van der Waals surface area contributed by atoms with Gasteiger partial charge in [0.1, 0.15) is 13.1 Å². The number of para-hydroxylation sites is 1. The average molecular weight is 404 g/mol. The molecule has 1 aliphatic heterocycles. The minimum Gasteiger partial charge on any atom is -0.545 e. The number of carbonyl (C=O) groups is 1. The molecule has 0 bridgehead atoms. The van der Waals surface area contributed by atoms with Gasteiger partial charge in [-0.1, -0.05) is 18.2 Å². The molecule has 1 N–H and O–H groups in total. The highest BCUT2D eigenvalue weighted by Crippen LogP contribution is 2.31. The zero-order valence-electron chi connectivity index (χ0n) is 18.4. The van der Waals surface area contributed by atoms with Crippen LogP contribution in [0.2, 0.25) is 0 Å². The van der Waals surface area contributed by atoms with Crippen molar-refractivity contribution in [3.05, 3.63) is 64.1 Å². The number of carbonyl (C=O) groups excluding carboxylic acids is 1. The normalized spacial score (nSPS) is 17.7. The molecular weight excluding hydrogens is 374 g/mol. The van der Waals surface area contributed by atoms with Gasteiger partial charge in [-0.05, 0) is 58.4 Å². The van der Waals surface area contributed by atoms with Crippen molar-refractivity contribution < 1.29 is 14.8 Å². The molecule has 1 atom stereocenters. The van der Waals surface area contributed by atoms with Crippen molar-refractivity contribution in [1.29, 1.82) is 0 Å². The van der Waals surface area contributed by atoms with E-state index in [9.17, 15) is 9.90 Å². The number of carboxylic acid groups (broad SMARTS) is 1. The van der Waals surface area contributed by atoms with E-state index < -0.39 is 5.97 Å². The molecule has 1 aromatic carbocycles. The molecule has 3 heterocycles. The number of hydrogen-bond donors (Lipinski definition) is 1. The highest BCUT2D eigenvalue weighted by atomic mass is 16.4. The minimum atomic E-state index is -1.13. The lowest BCUT2D eigenvalue weighted by Crippen LogP contribution is -3.11. The van der Waals surface area contributed by atoms with E-state index in [0.29, 0.717) is 29.1 Å². The number of carboxylic acids is 1. The van der Waals surface area contributed by atoms with Gasteiger partial charge in [0.2, 0.25) is 0 Å². The van der Waals surface area contributed by atoms with E-state index in [1.807, 2.05) is 24.3 Å². The number of hydrogen-bond acceptors (Lipinski definition) is 3. The lowest BCUT2D eigenvalue weighted by atomic mass is 9.92. The number of aryl methyl sites for hydroxylation is 1. The van der Waals surface area contributed by atoms with Gasteiger partial charge in [0, 0.05) is 39.5 Å². The summed E-state index contributed by atoms with van der Waals surface area (Å²) in [4.78, 5) is 18.4. The van der Waals surface area contributed by atoms with E-state index in [2.05, 4.69) is 51.3 Å². The van der Waals surface area contributed by atoms with Crippen LogP contribution in [-0.2, 0) is 6.54 Å². The first-order valence-electron chi connectivity index (χ1n) is 10.7. The van der Waals surface area contributed by atoms with E-state index in [0.717, 1.165) is 29.9 Å².